The maximum atomic E-state index is 13.4. The molecule has 5 aromatic carbocycles. The third-order valence-electron chi connectivity index (χ3n) is 23.4. The molecule has 0 radical (unpaired) electrons. The lowest BCUT2D eigenvalue weighted by atomic mass is 9.97. The van der Waals surface area contributed by atoms with Crippen LogP contribution in [-0.4, -0.2) is 190 Å². The second kappa shape index (κ2) is 37.4. The van der Waals surface area contributed by atoms with Crippen LogP contribution in [0, 0.1) is 29.1 Å². The van der Waals surface area contributed by atoms with Crippen molar-refractivity contribution < 1.29 is 55.3 Å². The summed E-state index contributed by atoms with van der Waals surface area (Å²) in [5.41, 5.74) is 22.0. The molecule has 0 aliphatic carbocycles. The second-order valence-electron chi connectivity index (χ2n) is 32.0. The zero-order valence-corrected chi connectivity index (χ0v) is 72.1. The molecule has 0 atom stereocenters. The van der Waals surface area contributed by atoms with Gasteiger partial charge < -0.3 is 39.1 Å². The molecule has 0 unspecified atom stereocenters. The Kier molecular flexibility index (Phi) is 24.7. The monoisotopic (exact) mass is 1760 g/mol. The molecule has 33 heteroatoms. The van der Waals surface area contributed by atoms with Crippen LogP contribution in [0.2, 0.25) is 0 Å². The highest BCUT2D eigenvalue weighted by Gasteiger charge is 2.39. The van der Waals surface area contributed by atoms with E-state index >= 15 is 0 Å². The number of methoxy groups -OCH3 is 1. The number of ether oxygens (including phenoxy) is 3. The van der Waals surface area contributed by atoms with Crippen LogP contribution in [0.3, 0.4) is 0 Å². The Morgan fingerprint density at radius 1 is 0.412 bits per heavy atom. The molecule has 16 aromatic rings. The predicted octanol–water partition coefficient (Wildman–Crippen LogP) is 15.2. The topological polar surface area (TPSA) is 287 Å². The van der Waals surface area contributed by atoms with Crippen LogP contribution in [0.4, 0.5) is 27.8 Å². The summed E-state index contributed by atoms with van der Waals surface area (Å²) < 4.78 is 90.8. The Bertz CT molecular complexity index is 6960. The molecular formula is C98H86F5N21O7. The van der Waals surface area contributed by atoms with Crippen molar-refractivity contribution in [1.82, 2.24) is 98.7 Å². The first-order valence-corrected chi connectivity index (χ1v) is 42.4. The number of esters is 1. The van der Waals surface area contributed by atoms with Crippen LogP contribution in [0.25, 0.3) is 118 Å². The number of carbonyl (C=O) groups is 4. The first kappa shape index (κ1) is 86.3. The number of anilines is 1. The van der Waals surface area contributed by atoms with Crippen LogP contribution >= 0.6 is 0 Å². The number of carbonyl (C=O) groups excluding carboxylic acids is 4. The molecule has 660 valence electrons. The minimum atomic E-state index is -0.378. The molecule has 0 spiro atoms. The van der Waals surface area contributed by atoms with Gasteiger partial charge in [0.25, 0.3) is 17.7 Å². The van der Waals surface area contributed by atoms with E-state index < -0.39 is 0 Å². The smallest absolute Gasteiger partial charge is 0.341 e. The number of nitrogens with zero attached hydrogens (tertiary/aromatic N) is 20. The quantitative estimate of drug-likeness (QED) is 0.0737. The van der Waals surface area contributed by atoms with Gasteiger partial charge >= 0.3 is 5.97 Å². The van der Waals surface area contributed by atoms with Gasteiger partial charge in [0, 0.05) is 234 Å². The number of piperazine rings is 1. The van der Waals surface area contributed by atoms with Crippen LogP contribution in [0.15, 0.2) is 232 Å². The number of rotatable bonds is 15. The van der Waals surface area contributed by atoms with E-state index in [-0.39, 0.29) is 65.4 Å². The summed E-state index contributed by atoms with van der Waals surface area (Å²) in [7, 11) is 10.7. The standard InChI is InChI=1S/C22H21FN4O2.C21H19FN6.C20H19FN4O2.C18H15FN4O.C17H12FN3O2/c1-26-12-18(21(25-26)14-2-4-15(23)5-3-14)17-6-9-24-19-13-27(22(28)20(17)19)16-7-10-29-11-8-16;22-17-3-1-15(2-4-17)20-21(16-7-9-23-10-8-16)28-18(25-20)5-6-19(26-28)27-13-11-24-12-14-27;1-24-11-16(19(23-24)13-3-5-14(21)6-4-13)15-7-8-22-17-12-25(9-10-27-2)20(26)18(15)17;1-22-10-15-16(18(22)24)13(7-8-20-15)14-9-23(2)21-17(14)11-3-5-12(19)6-4-11;1-21-8-13(16(20-21)10-2-4-11(18)5-3-10)12-6-7-19-14-9-23-17(22)15(12)14/h2-6,9,12,16H,7-8,10-11,13H2,1H3;1-10,24H,11-14H2;3-8,11H,9-10,12H2,1-2H3;3-9H,10H2,1-2H3;2-8H,9H2,1H3. The number of nitrogens with one attached hydrogen (secondary N) is 1. The van der Waals surface area contributed by atoms with Crippen molar-refractivity contribution in [1.29, 1.82) is 0 Å². The zero-order chi connectivity index (χ0) is 90.7. The van der Waals surface area contributed by atoms with E-state index in [0.29, 0.717) is 91.0 Å². The number of aromatic nitrogens is 16. The number of cyclic esters (lactones) is 1. The molecule has 0 bridgehead atoms. The summed E-state index contributed by atoms with van der Waals surface area (Å²) in [6, 6.07) is 46.5. The molecule has 2 saturated heterocycles. The molecule has 22 rings (SSSR count). The molecule has 11 aromatic heterocycles. The number of pyridine rings is 5. The first-order valence-electron chi connectivity index (χ1n) is 42.4. The maximum Gasteiger partial charge on any atom is 0.341 e. The van der Waals surface area contributed by atoms with E-state index in [1.165, 1.54) is 60.7 Å². The first-order chi connectivity index (χ1) is 63.7. The van der Waals surface area contributed by atoms with E-state index in [1.807, 2.05) is 97.8 Å². The number of hydrogen-bond acceptors (Lipinski definition) is 20. The molecule has 6 aliphatic heterocycles. The Labute approximate surface area is 748 Å². The van der Waals surface area contributed by atoms with Gasteiger partial charge in [-0.25, -0.2) is 36.2 Å². The van der Waals surface area contributed by atoms with Gasteiger partial charge in [-0.1, -0.05) is 0 Å². The lowest BCUT2D eigenvalue weighted by Gasteiger charge is -2.30. The molecule has 28 nitrogen and oxygen atoms in total. The third kappa shape index (κ3) is 17.9. The van der Waals surface area contributed by atoms with E-state index in [9.17, 15) is 41.1 Å². The Hall–Kier alpha value is -15.5. The summed E-state index contributed by atoms with van der Waals surface area (Å²) >= 11 is 0. The van der Waals surface area contributed by atoms with Gasteiger partial charge in [0.2, 0.25) is 0 Å². The second-order valence-corrected chi connectivity index (χ2v) is 32.0. The zero-order valence-electron chi connectivity index (χ0n) is 72.1. The van der Waals surface area contributed by atoms with Crippen LogP contribution in [0.1, 0.15) is 77.0 Å². The highest BCUT2D eigenvalue weighted by Crippen LogP contribution is 2.43. The van der Waals surface area contributed by atoms with Gasteiger partial charge in [-0.05, 0) is 183 Å². The van der Waals surface area contributed by atoms with Crippen molar-refractivity contribution in [3.63, 3.8) is 0 Å². The van der Waals surface area contributed by atoms with Crippen LogP contribution < -0.4 is 10.2 Å². The normalized spacial score (nSPS) is 14.4. The molecule has 6 aliphatic rings. The summed E-state index contributed by atoms with van der Waals surface area (Å²) in [5, 5.41) is 26.3. The number of aryl methyl sites for hydroxylation is 4. The van der Waals surface area contributed by atoms with Gasteiger partial charge in [0.15, 0.2) is 5.65 Å². The summed E-state index contributed by atoms with van der Waals surface area (Å²) in [6.07, 6.45) is 19.5. The lowest BCUT2D eigenvalue weighted by molar-refractivity contribution is 0.0302. The SMILES string of the molecule is CN1Cc2nccc(-c3cn(C)nc3-c3ccc(F)cc3)c2C1=O.COCCN1Cc2nccc(-c3cn(C)nc3-c3ccc(F)cc3)c2C1=O.Cn1cc(-c2ccnc3c2C(=O)N(C2CCOCC2)C3)c(-c2ccc(F)cc2)n1.Cn1cc(-c2ccnc3c2C(=O)OC3)c(-c2ccc(F)cc2)n1.Fc1ccc(-c2nc3ccc(N4CCNCC4)nn3c2-c2ccncc2)cc1. The molecule has 131 heavy (non-hydrogen) atoms. The van der Waals surface area contributed by atoms with E-state index in [1.54, 1.807) is 154 Å². The number of fused-ring (bicyclic) bond motifs is 5. The van der Waals surface area contributed by atoms with Crippen molar-refractivity contribution in [2.45, 2.75) is 45.1 Å². The van der Waals surface area contributed by atoms with Gasteiger partial charge in [-0.2, -0.15) is 20.4 Å². The molecule has 17 heterocycles. The van der Waals surface area contributed by atoms with Crippen LogP contribution in [0.5, 0.6) is 0 Å². The lowest BCUT2D eigenvalue weighted by Crippen LogP contribution is -2.44. The van der Waals surface area contributed by atoms with Crippen LogP contribution in [-0.2, 0) is 68.6 Å². The van der Waals surface area contributed by atoms with E-state index in [4.69, 9.17) is 24.3 Å². The number of halogens is 5. The van der Waals surface area contributed by atoms with E-state index in [2.05, 4.69) is 55.5 Å². The number of hydrogen-bond donors (Lipinski definition) is 1. The molecular weight excluding hydrogens is 1680 g/mol. The van der Waals surface area contributed by atoms with Crippen molar-refractivity contribution in [2.24, 2.45) is 28.2 Å². The Balaban J connectivity index is 0.000000110. The van der Waals surface area contributed by atoms with Crippen molar-refractivity contribution >= 4 is 35.2 Å². The molecule has 2 fully saturated rings. The summed E-state index contributed by atoms with van der Waals surface area (Å²) in [6.45, 7) is 7.78. The summed E-state index contributed by atoms with van der Waals surface area (Å²) in [5.74, 6) is -0.993. The minimum absolute atomic E-state index is 0.0175. The van der Waals surface area contributed by atoms with Crippen molar-refractivity contribution in [2.75, 3.05) is 71.6 Å². The molecule has 0 saturated carbocycles. The average molecular weight is 1760 g/mol. The largest absolute Gasteiger partial charge is 0.455 e. The number of benzene rings is 5. The molecule has 3 amide bonds. The highest BCUT2D eigenvalue weighted by atomic mass is 19.1. The van der Waals surface area contributed by atoms with E-state index in [0.717, 1.165) is 163 Å². The Morgan fingerprint density at radius 3 is 1.27 bits per heavy atom. The van der Waals surface area contributed by atoms with Crippen molar-refractivity contribution in [3.05, 3.63) is 306 Å². The average Bonchev–Trinajstić information content (AvgIpc) is 1.57. The highest BCUT2D eigenvalue weighted by molar-refractivity contribution is 6.08. The van der Waals surface area contributed by atoms with Gasteiger partial charge in [-0.3, -0.25) is 58.0 Å². The van der Waals surface area contributed by atoms with Gasteiger partial charge in [-0.15, -0.1) is 5.10 Å². The minimum Gasteiger partial charge on any atom is -0.455 e. The third-order valence-corrected chi connectivity index (χ3v) is 23.4. The number of amides is 3. The number of imidazole rings is 1. The van der Waals surface area contributed by atoms with Gasteiger partial charge in [0.1, 0.15) is 70.0 Å². The maximum absolute atomic E-state index is 13.4. The summed E-state index contributed by atoms with van der Waals surface area (Å²) in [4.78, 5) is 84.7. The van der Waals surface area contributed by atoms with Gasteiger partial charge in [0.05, 0.1) is 77.0 Å². The molecule has 1 N–H and O–H groups in total. The fourth-order valence-corrected chi connectivity index (χ4v) is 17.1. The predicted molar refractivity (Wildman–Crippen MR) is 479 cm³/mol. The fourth-order valence-electron chi connectivity index (χ4n) is 17.1. The van der Waals surface area contributed by atoms with Crippen molar-refractivity contribution in [3.8, 4) is 112 Å². The fraction of sp³-hybridized carbons (Fsp3) is 0.214. The Morgan fingerprint density at radius 2 is 0.817 bits per heavy atom.